The molecule has 0 aromatic rings. The average Bonchev–Trinajstić information content (AvgIpc) is 2.55. The molecule has 0 spiro atoms. The molecule has 0 radical (unpaired) electrons. The predicted octanol–water partition coefficient (Wildman–Crippen LogP) is 5.95. The largest absolute Gasteiger partial charge is 0.396 e. The second-order valence-corrected chi connectivity index (χ2v) is 7.95. The van der Waals surface area contributed by atoms with Gasteiger partial charge in [0.05, 0.1) is 0 Å². The van der Waals surface area contributed by atoms with E-state index >= 15 is 0 Å². The van der Waals surface area contributed by atoms with Gasteiger partial charge < -0.3 is 5.11 Å². The van der Waals surface area contributed by atoms with Crippen LogP contribution in [-0.2, 0) is 0 Å². The van der Waals surface area contributed by atoms with Crippen LogP contribution in [-0.4, -0.2) is 11.7 Å². The fraction of sp³-hybridized carbons (Fsp3) is 1.00. The van der Waals surface area contributed by atoms with Gasteiger partial charge in [-0.25, -0.2) is 0 Å². The minimum Gasteiger partial charge on any atom is -0.396 e. The second kappa shape index (κ2) is 9.87. The third-order valence-electron chi connectivity index (χ3n) is 6.42. The molecule has 0 amide bonds. The van der Waals surface area contributed by atoms with E-state index in [1.807, 2.05) is 0 Å². The molecule has 2 aliphatic rings. The molecule has 21 heavy (non-hydrogen) atoms. The molecule has 0 unspecified atom stereocenters. The van der Waals surface area contributed by atoms with Crippen LogP contribution in [0.3, 0.4) is 0 Å². The number of hydrogen-bond acceptors (Lipinski definition) is 1. The third-order valence-corrected chi connectivity index (χ3v) is 6.42. The monoisotopic (exact) mass is 294 g/mol. The quantitative estimate of drug-likeness (QED) is 0.548. The molecule has 0 aromatic carbocycles. The first kappa shape index (κ1) is 17.3. The summed E-state index contributed by atoms with van der Waals surface area (Å²) in [5, 5.41) is 9.26. The molecular weight excluding hydrogens is 256 g/mol. The molecular formula is C20H38O. The molecule has 1 heteroatoms. The lowest BCUT2D eigenvalue weighted by molar-refractivity contribution is 0.115. The Bertz CT molecular complexity index is 247. The number of aliphatic hydroxyl groups excluding tert-OH is 1. The predicted molar refractivity (Wildman–Crippen MR) is 91.4 cm³/mol. The average molecular weight is 295 g/mol. The highest BCUT2D eigenvalue weighted by Gasteiger charge is 2.30. The van der Waals surface area contributed by atoms with E-state index in [-0.39, 0.29) is 0 Å². The van der Waals surface area contributed by atoms with Crippen LogP contribution in [0, 0.1) is 23.7 Å². The van der Waals surface area contributed by atoms with Gasteiger partial charge in [0.2, 0.25) is 0 Å². The molecule has 2 saturated carbocycles. The van der Waals surface area contributed by atoms with Crippen LogP contribution >= 0.6 is 0 Å². The van der Waals surface area contributed by atoms with Crippen LogP contribution in [0.1, 0.15) is 96.8 Å². The minimum absolute atomic E-state index is 0.428. The summed E-state index contributed by atoms with van der Waals surface area (Å²) in [5.74, 6) is 3.71. The summed E-state index contributed by atoms with van der Waals surface area (Å²) in [7, 11) is 0. The van der Waals surface area contributed by atoms with E-state index in [4.69, 9.17) is 0 Å². The lowest BCUT2D eigenvalue weighted by Gasteiger charge is -2.37. The molecule has 1 N–H and O–H groups in total. The van der Waals surface area contributed by atoms with E-state index in [1.54, 1.807) is 0 Å². The van der Waals surface area contributed by atoms with Crippen molar-refractivity contribution >= 4 is 0 Å². The van der Waals surface area contributed by atoms with Crippen LogP contribution < -0.4 is 0 Å². The summed E-state index contributed by atoms with van der Waals surface area (Å²) in [4.78, 5) is 0. The number of hydrogen-bond donors (Lipinski definition) is 1. The van der Waals surface area contributed by atoms with Gasteiger partial charge in [-0.1, -0.05) is 58.3 Å². The van der Waals surface area contributed by atoms with E-state index in [9.17, 15) is 5.11 Å². The van der Waals surface area contributed by atoms with Crippen molar-refractivity contribution in [1.29, 1.82) is 0 Å². The Morgan fingerprint density at radius 3 is 1.71 bits per heavy atom. The van der Waals surface area contributed by atoms with Gasteiger partial charge in [-0.05, 0) is 62.2 Å². The van der Waals surface area contributed by atoms with Crippen molar-refractivity contribution in [3.05, 3.63) is 0 Å². The summed E-state index contributed by atoms with van der Waals surface area (Å²) in [5.41, 5.74) is 0. The maximum Gasteiger partial charge on any atom is 0.0459 e. The maximum absolute atomic E-state index is 9.26. The summed E-state index contributed by atoms with van der Waals surface area (Å²) < 4.78 is 0. The van der Waals surface area contributed by atoms with Gasteiger partial charge in [-0.15, -0.1) is 0 Å². The van der Waals surface area contributed by atoms with Crippen LogP contribution in [0.15, 0.2) is 0 Å². The van der Waals surface area contributed by atoms with Crippen molar-refractivity contribution in [2.24, 2.45) is 23.7 Å². The van der Waals surface area contributed by atoms with Gasteiger partial charge in [-0.2, -0.15) is 0 Å². The molecule has 0 saturated heterocycles. The number of aliphatic hydroxyl groups is 1. The van der Waals surface area contributed by atoms with Crippen molar-refractivity contribution < 1.29 is 5.11 Å². The molecule has 0 heterocycles. The van der Waals surface area contributed by atoms with Crippen LogP contribution in [0.4, 0.5) is 0 Å². The molecule has 0 aliphatic heterocycles. The number of rotatable bonds is 8. The highest BCUT2D eigenvalue weighted by atomic mass is 16.3. The van der Waals surface area contributed by atoms with Crippen LogP contribution in [0.25, 0.3) is 0 Å². The molecule has 0 atom stereocenters. The van der Waals surface area contributed by atoms with Crippen molar-refractivity contribution in [3.63, 3.8) is 0 Å². The summed E-state index contributed by atoms with van der Waals surface area (Å²) >= 11 is 0. The Balaban J connectivity index is 1.56. The van der Waals surface area contributed by atoms with Gasteiger partial charge in [0.25, 0.3) is 0 Å². The van der Waals surface area contributed by atoms with Gasteiger partial charge in [0, 0.05) is 6.61 Å². The van der Waals surface area contributed by atoms with E-state index in [2.05, 4.69) is 6.92 Å². The van der Waals surface area contributed by atoms with Gasteiger partial charge in [0.1, 0.15) is 0 Å². The molecule has 1 nitrogen and oxygen atoms in total. The standard InChI is InChI=1S/C20H38O/c1-2-3-4-5-6-7-17-8-12-19(13-9-17)20-14-10-18(16-21)11-15-20/h17-21H,2-16H2,1H3/t17-,18?,19-,20?. The minimum atomic E-state index is 0.428. The van der Waals surface area contributed by atoms with E-state index in [1.165, 1.54) is 89.9 Å². The van der Waals surface area contributed by atoms with Crippen molar-refractivity contribution in [1.82, 2.24) is 0 Å². The van der Waals surface area contributed by atoms with Gasteiger partial charge in [-0.3, -0.25) is 0 Å². The van der Waals surface area contributed by atoms with E-state index in [0.29, 0.717) is 12.5 Å². The first-order valence-electron chi connectivity index (χ1n) is 9.94. The highest BCUT2D eigenvalue weighted by molar-refractivity contribution is 4.81. The maximum atomic E-state index is 9.26. The third kappa shape index (κ3) is 5.93. The Kier molecular flexibility index (Phi) is 8.14. The molecule has 0 aromatic heterocycles. The lowest BCUT2D eigenvalue weighted by atomic mass is 9.69. The Hall–Kier alpha value is -0.0400. The topological polar surface area (TPSA) is 20.2 Å². The van der Waals surface area contributed by atoms with Crippen LogP contribution in [0.2, 0.25) is 0 Å². The number of unbranched alkanes of at least 4 members (excludes halogenated alkanes) is 4. The summed E-state index contributed by atoms with van der Waals surface area (Å²) in [6, 6.07) is 0. The summed E-state index contributed by atoms with van der Waals surface area (Å²) in [6.07, 6.45) is 20.1. The zero-order valence-electron chi connectivity index (χ0n) is 14.4. The fourth-order valence-electron chi connectivity index (χ4n) is 4.83. The Morgan fingerprint density at radius 1 is 0.667 bits per heavy atom. The smallest absolute Gasteiger partial charge is 0.0459 e. The SMILES string of the molecule is CCCCCCC[C@H]1CC[C@H](C2CCC(CO)CC2)CC1. The van der Waals surface area contributed by atoms with E-state index in [0.717, 1.165) is 17.8 Å². The summed E-state index contributed by atoms with van der Waals surface area (Å²) in [6.45, 7) is 2.73. The highest BCUT2D eigenvalue weighted by Crippen LogP contribution is 2.42. The zero-order valence-corrected chi connectivity index (χ0v) is 14.4. The van der Waals surface area contributed by atoms with Crippen molar-refractivity contribution in [2.45, 2.75) is 96.8 Å². The van der Waals surface area contributed by atoms with Crippen LogP contribution in [0.5, 0.6) is 0 Å². The first-order chi connectivity index (χ1) is 10.3. The van der Waals surface area contributed by atoms with Crippen molar-refractivity contribution in [2.75, 3.05) is 6.61 Å². The normalized spacial score (nSPS) is 34.0. The molecule has 0 bridgehead atoms. The molecule has 124 valence electrons. The van der Waals surface area contributed by atoms with Gasteiger partial charge in [0.15, 0.2) is 0 Å². The first-order valence-corrected chi connectivity index (χ1v) is 9.94. The lowest BCUT2D eigenvalue weighted by Crippen LogP contribution is -2.26. The molecule has 2 rings (SSSR count). The molecule has 2 aliphatic carbocycles. The van der Waals surface area contributed by atoms with Gasteiger partial charge >= 0.3 is 0 Å². The van der Waals surface area contributed by atoms with E-state index < -0.39 is 0 Å². The Morgan fingerprint density at radius 2 is 1.19 bits per heavy atom. The second-order valence-electron chi connectivity index (χ2n) is 7.95. The van der Waals surface area contributed by atoms with Crippen molar-refractivity contribution in [3.8, 4) is 0 Å². The Labute approximate surface area is 132 Å². The zero-order chi connectivity index (χ0) is 14.9. The molecule has 2 fully saturated rings. The fourth-order valence-corrected chi connectivity index (χ4v) is 4.83.